The summed E-state index contributed by atoms with van der Waals surface area (Å²) in [7, 11) is 1.78. The van der Waals surface area contributed by atoms with Gasteiger partial charge in [-0.25, -0.2) is 0 Å². The van der Waals surface area contributed by atoms with Crippen LogP contribution in [0, 0.1) is 6.92 Å². The summed E-state index contributed by atoms with van der Waals surface area (Å²) in [6, 6.07) is 8.66. The van der Waals surface area contributed by atoms with Crippen molar-refractivity contribution in [3.05, 3.63) is 65.4 Å². The van der Waals surface area contributed by atoms with E-state index in [1.807, 2.05) is 37.0 Å². The molecule has 3 aliphatic rings. The van der Waals surface area contributed by atoms with E-state index in [2.05, 4.69) is 40.3 Å². The molecule has 2 saturated heterocycles. The minimum atomic E-state index is -0.0355. The lowest BCUT2D eigenvalue weighted by atomic mass is 9.99. The molecule has 0 bridgehead atoms. The number of benzene rings is 1. The van der Waals surface area contributed by atoms with Crippen molar-refractivity contribution in [2.45, 2.75) is 52.7 Å². The van der Waals surface area contributed by atoms with E-state index in [4.69, 9.17) is 19.4 Å². The number of amides is 1. The molecule has 3 aliphatic heterocycles. The van der Waals surface area contributed by atoms with Gasteiger partial charge in [0.05, 0.1) is 31.6 Å². The zero-order valence-electron chi connectivity index (χ0n) is 27.0. The molecule has 0 radical (unpaired) electrons. The molecule has 44 heavy (non-hydrogen) atoms. The molecule has 2 aromatic rings. The minimum Gasteiger partial charge on any atom is -0.463 e. The van der Waals surface area contributed by atoms with Crippen LogP contribution in [0.1, 0.15) is 49.1 Å². The van der Waals surface area contributed by atoms with E-state index < -0.39 is 0 Å². The second-order valence-electron chi connectivity index (χ2n) is 11.2. The monoisotopic (exact) mass is 606 g/mol. The van der Waals surface area contributed by atoms with E-state index in [-0.39, 0.29) is 12.5 Å². The number of fused-ring (bicyclic) bond motifs is 1. The van der Waals surface area contributed by atoms with Crippen LogP contribution in [0.25, 0.3) is 5.70 Å². The molecule has 0 saturated carbocycles. The van der Waals surface area contributed by atoms with Crippen LogP contribution in [0.15, 0.2) is 43.0 Å². The molecule has 4 heterocycles. The fourth-order valence-corrected chi connectivity index (χ4v) is 6.19. The van der Waals surface area contributed by atoms with E-state index in [9.17, 15) is 9.90 Å². The summed E-state index contributed by atoms with van der Waals surface area (Å²) in [5.41, 5.74) is 5.38. The molecule has 240 valence electrons. The van der Waals surface area contributed by atoms with Gasteiger partial charge in [-0.05, 0) is 43.9 Å². The van der Waals surface area contributed by atoms with Crippen molar-refractivity contribution in [1.82, 2.24) is 24.7 Å². The Morgan fingerprint density at radius 1 is 1.09 bits per heavy atom. The molecule has 0 aliphatic carbocycles. The molecule has 0 spiro atoms. The average Bonchev–Trinajstić information content (AvgIpc) is 3.54. The predicted octanol–water partition coefficient (Wildman–Crippen LogP) is 3.53. The van der Waals surface area contributed by atoms with Crippen LogP contribution in [-0.2, 0) is 22.5 Å². The maximum atomic E-state index is 12.2. The Kier molecular flexibility index (Phi) is 12.6. The van der Waals surface area contributed by atoms with Gasteiger partial charge in [-0.2, -0.15) is 9.97 Å². The molecule has 1 amide bonds. The van der Waals surface area contributed by atoms with Gasteiger partial charge in [0, 0.05) is 76.3 Å². The van der Waals surface area contributed by atoms with Crippen LogP contribution < -0.4 is 9.64 Å². The average molecular weight is 607 g/mol. The third-order valence-corrected chi connectivity index (χ3v) is 8.55. The Morgan fingerprint density at radius 3 is 2.55 bits per heavy atom. The summed E-state index contributed by atoms with van der Waals surface area (Å²) in [4.78, 5) is 30.8. The highest BCUT2D eigenvalue weighted by Crippen LogP contribution is 2.33. The maximum absolute atomic E-state index is 12.2. The second-order valence-corrected chi connectivity index (χ2v) is 11.2. The van der Waals surface area contributed by atoms with E-state index in [0.717, 1.165) is 79.3 Å². The topological polar surface area (TPSA) is 94.5 Å². The highest BCUT2D eigenvalue weighted by atomic mass is 16.5. The van der Waals surface area contributed by atoms with Gasteiger partial charge in [-0.3, -0.25) is 4.79 Å². The summed E-state index contributed by atoms with van der Waals surface area (Å²) in [6.07, 6.45) is 6.33. The van der Waals surface area contributed by atoms with Crippen molar-refractivity contribution < 1.29 is 19.4 Å². The zero-order chi connectivity index (χ0) is 31.5. The number of hydrogen-bond donors (Lipinski definition) is 1. The molecule has 1 unspecified atom stereocenters. The van der Waals surface area contributed by atoms with E-state index >= 15 is 0 Å². The SMILES string of the molecule is C=CC(=O)N1CCN(c2nc(OCCCN3CCC(OC)C3)nc3c2CCN(/C(=C/CO)c2ccccc2C)C3)CC1.CC. The van der Waals surface area contributed by atoms with Crippen LogP contribution in [0.3, 0.4) is 0 Å². The summed E-state index contributed by atoms with van der Waals surface area (Å²) >= 11 is 0. The number of aliphatic hydroxyl groups is 1. The van der Waals surface area contributed by atoms with Crippen molar-refractivity contribution in [3.63, 3.8) is 0 Å². The molecule has 1 aromatic carbocycles. The van der Waals surface area contributed by atoms with Gasteiger partial charge >= 0.3 is 6.01 Å². The number of aryl methyl sites for hydroxylation is 1. The smallest absolute Gasteiger partial charge is 0.318 e. The fraction of sp³-hybridized carbons (Fsp3) is 0.559. The van der Waals surface area contributed by atoms with Crippen LogP contribution in [0.5, 0.6) is 6.01 Å². The molecule has 1 atom stereocenters. The standard InChI is InChI=1S/C32H44N6O4.C2H6/c1-4-30(40)36-16-18-37(19-17-36)31-27-11-15-38(29(12-20-39)26-9-6-5-8-24(26)2)23-28(27)33-32(34-31)42-21-7-13-35-14-10-25(22-35)41-3;1-2/h4-6,8-9,12,25,39H,1,7,10-11,13-23H2,2-3H3;1-2H3/b29-12+;. The number of anilines is 1. The number of rotatable bonds is 11. The molecule has 2 fully saturated rings. The summed E-state index contributed by atoms with van der Waals surface area (Å²) in [6.45, 7) is 17.2. The number of carbonyl (C=O) groups is 1. The van der Waals surface area contributed by atoms with Gasteiger partial charge in [-0.1, -0.05) is 44.7 Å². The van der Waals surface area contributed by atoms with Crippen molar-refractivity contribution in [1.29, 1.82) is 0 Å². The maximum Gasteiger partial charge on any atom is 0.318 e. The third kappa shape index (κ3) is 8.16. The van der Waals surface area contributed by atoms with Crippen molar-refractivity contribution in [2.75, 3.05) is 77.6 Å². The normalized spacial score (nSPS) is 18.9. The molecular weight excluding hydrogens is 556 g/mol. The molecule has 5 rings (SSSR count). The van der Waals surface area contributed by atoms with Crippen LogP contribution >= 0.6 is 0 Å². The number of ether oxygens (including phenoxy) is 2. The van der Waals surface area contributed by atoms with Crippen molar-refractivity contribution >= 4 is 17.4 Å². The Hall–Kier alpha value is -3.47. The highest BCUT2D eigenvalue weighted by Gasteiger charge is 2.29. The number of hydrogen-bond acceptors (Lipinski definition) is 9. The zero-order valence-corrected chi connectivity index (χ0v) is 27.0. The van der Waals surface area contributed by atoms with E-state index in [1.54, 1.807) is 7.11 Å². The molecular formula is C34H50N6O4. The summed E-state index contributed by atoms with van der Waals surface area (Å²) < 4.78 is 11.7. The summed E-state index contributed by atoms with van der Waals surface area (Å²) in [5.74, 6) is 0.875. The van der Waals surface area contributed by atoms with E-state index in [0.29, 0.717) is 51.4 Å². The van der Waals surface area contributed by atoms with Gasteiger partial charge < -0.3 is 34.2 Å². The predicted molar refractivity (Wildman–Crippen MR) is 175 cm³/mol. The lowest BCUT2D eigenvalue weighted by molar-refractivity contribution is -0.126. The molecule has 10 nitrogen and oxygen atoms in total. The first-order valence-electron chi connectivity index (χ1n) is 16.1. The third-order valence-electron chi connectivity index (χ3n) is 8.55. The first-order valence-corrected chi connectivity index (χ1v) is 16.1. The van der Waals surface area contributed by atoms with Gasteiger partial charge in [-0.15, -0.1) is 0 Å². The molecule has 10 heteroatoms. The molecule has 1 aromatic heterocycles. The number of likely N-dealkylation sites (tertiary alicyclic amines) is 1. The minimum absolute atomic E-state index is 0.0340. The lowest BCUT2D eigenvalue weighted by Gasteiger charge is -2.38. The van der Waals surface area contributed by atoms with E-state index in [1.165, 1.54) is 6.08 Å². The van der Waals surface area contributed by atoms with Crippen molar-refractivity contribution in [2.24, 2.45) is 0 Å². The lowest BCUT2D eigenvalue weighted by Crippen LogP contribution is -2.49. The Balaban J connectivity index is 0.00000216. The number of nitrogens with zero attached hydrogens (tertiary/aromatic N) is 6. The number of methoxy groups -OCH3 is 1. The number of piperazine rings is 1. The number of carbonyl (C=O) groups excluding carboxylic acids is 1. The Labute approximate surface area is 263 Å². The largest absolute Gasteiger partial charge is 0.463 e. The molecule has 1 N–H and O–H groups in total. The Bertz CT molecular complexity index is 1280. The van der Waals surface area contributed by atoms with Crippen LogP contribution in [0.4, 0.5) is 5.82 Å². The first-order chi connectivity index (χ1) is 21.5. The van der Waals surface area contributed by atoms with Gasteiger partial charge in [0.2, 0.25) is 5.91 Å². The first kappa shape index (κ1) is 33.4. The number of aromatic nitrogens is 2. The van der Waals surface area contributed by atoms with Crippen LogP contribution in [-0.4, -0.2) is 114 Å². The fourth-order valence-electron chi connectivity index (χ4n) is 6.19. The van der Waals surface area contributed by atoms with Gasteiger partial charge in [0.15, 0.2) is 0 Å². The Morgan fingerprint density at radius 2 is 1.86 bits per heavy atom. The quantitative estimate of drug-likeness (QED) is 0.305. The van der Waals surface area contributed by atoms with Crippen LogP contribution in [0.2, 0.25) is 0 Å². The highest BCUT2D eigenvalue weighted by molar-refractivity contribution is 5.87. The van der Waals surface area contributed by atoms with Crippen molar-refractivity contribution in [3.8, 4) is 6.01 Å². The number of aliphatic hydroxyl groups excluding tert-OH is 1. The summed E-state index contributed by atoms with van der Waals surface area (Å²) in [5, 5.41) is 9.88. The second kappa shape index (κ2) is 16.6. The van der Waals surface area contributed by atoms with Gasteiger partial charge in [0.25, 0.3) is 0 Å². The van der Waals surface area contributed by atoms with Gasteiger partial charge in [0.1, 0.15) is 5.82 Å².